The number of carbonyl (C=O) groups excluding carboxylic acids is 1. The summed E-state index contributed by atoms with van der Waals surface area (Å²) in [5, 5.41) is 0. The standard InChI is InChI=1S/C28H23NO/c1-20(21(2)30)29-28-26(23-14-8-4-9-15-23)18-25(22-12-6-3-7-13-22)19-27(28)24-16-10-5-11-17-24/h3-19H,1-2H3. The monoisotopic (exact) mass is 389 g/mol. The Bertz CT molecular complexity index is 1130. The van der Waals surface area contributed by atoms with Crippen LogP contribution < -0.4 is 0 Å². The van der Waals surface area contributed by atoms with Gasteiger partial charge in [0.05, 0.1) is 11.4 Å². The lowest BCUT2D eigenvalue weighted by molar-refractivity contribution is -0.111. The second-order valence-electron chi connectivity index (χ2n) is 7.27. The van der Waals surface area contributed by atoms with Gasteiger partial charge < -0.3 is 0 Å². The van der Waals surface area contributed by atoms with Crippen LogP contribution in [0.5, 0.6) is 0 Å². The van der Waals surface area contributed by atoms with Crippen molar-refractivity contribution in [3.05, 3.63) is 103 Å². The maximum atomic E-state index is 12.0. The minimum Gasteiger partial charge on any atom is -0.293 e. The van der Waals surface area contributed by atoms with Gasteiger partial charge in [-0.2, -0.15) is 0 Å². The van der Waals surface area contributed by atoms with Crippen LogP contribution in [-0.4, -0.2) is 11.5 Å². The topological polar surface area (TPSA) is 29.4 Å². The Kier molecular flexibility index (Phi) is 5.67. The Morgan fingerprint density at radius 2 is 0.967 bits per heavy atom. The van der Waals surface area contributed by atoms with Crippen molar-refractivity contribution in [1.29, 1.82) is 0 Å². The maximum absolute atomic E-state index is 12.0. The average molecular weight is 389 g/mol. The number of Topliss-reactive ketones (excluding diaryl/α,β-unsaturated/α-hetero) is 1. The lowest BCUT2D eigenvalue weighted by Crippen LogP contribution is -2.04. The van der Waals surface area contributed by atoms with Gasteiger partial charge >= 0.3 is 0 Å². The van der Waals surface area contributed by atoms with E-state index >= 15 is 0 Å². The van der Waals surface area contributed by atoms with E-state index in [4.69, 9.17) is 4.99 Å². The number of ketones is 1. The molecule has 0 spiro atoms. The van der Waals surface area contributed by atoms with Crippen molar-refractivity contribution in [2.24, 2.45) is 4.99 Å². The van der Waals surface area contributed by atoms with Crippen LogP contribution >= 0.6 is 0 Å². The summed E-state index contributed by atoms with van der Waals surface area (Å²) in [6, 6.07) is 35.1. The second kappa shape index (κ2) is 8.71. The Labute approximate surface area is 177 Å². The molecule has 0 fully saturated rings. The maximum Gasteiger partial charge on any atom is 0.173 e. The van der Waals surface area contributed by atoms with Gasteiger partial charge in [-0.25, -0.2) is 4.99 Å². The van der Waals surface area contributed by atoms with Gasteiger partial charge in [0, 0.05) is 18.1 Å². The van der Waals surface area contributed by atoms with Gasteiger partial charge in [0.2, 0.25) is 0 Å². The van der Waals surface area contributed by atoms with E-state index in [2.05, 4.69) is 48.5 Å². The molecule has 0 atom stereocenters. The number of hydrogen-bond acceptors (Lipinski definition) is 2. The molecule has 0 aliphatic carbocycles. The Morgan fingerprint density at radius 3 is 1.37 bits per heavy atom. The number of benzene rings is 4. The molecule has 2 nitrogen and oxygen atoms in total. The first-order chi connectivity index (χ1) is 14.6. The average Bonchev–Trinajstić information content (AvgIpc) is 2.80. The molecular formula is C28H23NO. The van der Waals surface area contributed by atoms with Crippen molar-refractivity contribution < 1.29 is 4.79 Å². The minimum absolute atomic E-state index is 0.0276. The predicted molar refractivity (Wildman–Crippen MR) is 126 cm³/mol. The quantitative estimate of drug-likeness (QED) is 0.328. The first-order valence-electron chi connectivity index (χ1n) is 10.0. The van der Waals surface area contributed by atoms with Crippen LogP contribution in [0.3, 0.4) is 0 Å². The van der Waals surface area contributed by atoms with E-state index < -0.39 is 0 Å². The van der Waals surface area contributed by atoms with Crippen molar-refractivity contribution in [1.82, 2.24) is 0 Å². The largest absolute Gasteiger partial charge is 0.293 e. The molecule has 0 amide bonds. The Balaban J connectivity index is 2.08. The molecule has 0 heterocycles. The molecule has 0 unspecified atom stereocenters. The van der Waals surface area contributed by atoms with E-state index in [1.54, 1.807) is 13.8 Å². The summed E-state index contributed by atoms with van der Waals surface area (Å²) >= 11 is 0. The molecule has 4 aromatic carbocycles. The Morgan fingerprint density at radius 1 is 0.567 bits per heavy atom. The fraction of sp³-hybridized carbons (Fsp3) is 0.0714. The van der Waals surface area contributed by atoms with Crippen LogP contribution in [0.15, 0.2) is 108 Å². The van der Waals surface area contributed by atoms with E-state index in [-0.39, 0.29) is 5.78 Å². The molecule has 0 aliphatic rings. The highest BCUT2D eigenvalue weighted by molar-refractivity contribution is 6.38. The molecule has 0 bridgehead atoms. The van der Waals surface area contributed by atoms with Gasteiger partial charge in [-0.05, 0) is 41.3 Å². The highest BCUT2D eigenvalue weighted by Gasteiger charge is 2.16. The zero-order chi connectivity index (χ0) is 20.9. The highest BCUT2D eigenvalue weighted by Crippen LogP contribution is 2.42. The van der Waals surface area contributed by atoms with Crippen LogP contribution in [0.4, 0.5) is 5.69 Å². The third-order valence-electron chi connectivity index (χ3n) is 5.18. The van der Waals surface area contributed by atoms with Gasteiger partial charge in [0.1, 0.15) is 0 Å². The minimum atomic E-state index is -0.0276. The van der Waals surface area contributed by atoms with Crippen molar-refractivity contribution in [2.45, 2.75) is 13.8 Å². The smallest absolute Gasteiger partial charge is 0.173 e. The SMILES string of the molecule is CC(=O)C(C)=Nc1c(-c2ccccc2)cc(-c2ccccc2)cc1-c1ccccc1. The lowest BCUT2D eigenvalue weighted by atomic mass is 9.91. The van der Waals surface area contributed by atoms with Crippen LogP contribution in [0.2, 0.25) is 0 Å². The zero-order valence-corrected chi connectivity index (χ0v) is 17.2. The van der Waals surface area contributed by atoms with Gasteiger partial charge in [0.15, 0.2) is 5.78 Å². The van der Waals surface area contributed by atoms with E-state index in [1.807, 2.05) is 54.6 Å². The van der Waals surface area contributed by atoms with Gasteiger partial charge in [-0.15, -0.1) is 0 Å². The van der Waals surface area contributed by atoms with Crippen molar-refractivity contribution in [2.75, 3.05) is 0 Å². The van der Waals surface area contributed by atoms with E-state index in [1.165, 1.54) is 0 Å². The summed E-state index contributed by atoms with van der Waals surface area (Å²) in [6.45, 7) is 3.33. The van der Waals surface area contributed by atoms with Gasteiger partial charge in [-0.1, -0.05) is 91.0 Å². The van der Waals surface area contributed by atoms with Crippen LogP contribution in [0.1, 0.15) is 13.8 Å². The van der Waals surface area contributed by atoms with Crippen molar-refractivity contribution >= 4 is 17.2 Å². The highest BCUT2D eigenvalue weighted by atomic mass is 16.1. The van der Waals surface area contributed by atoms with Crippen LogP contribution in [0, 0.1) is 0 Å². The van der Waals surface area contributed by atoms with Crippen molar-refractivity contribution in [3.8, 4) is 33.4 Å². The summed E-state index contributed by atoms with van der Waals surface area (Å²) in [5.41, 5.74) is 7.74. The van der Waals surface area contributed by atoms with Crippen molar-refractivity contribution in [3.63, 3.8) is 0 Å². The summed E-state index contributed by atoms with van der Waals surface area (Å²) in [6.07, 6.45) is 0. The molecule has 4 aromatic rings. The van der Waals surface area contributed by atoms with E-state index in [0.717, 1.165) is 39.1 Å². The molecule has 0 aliphatic heterocycles. The predicted octanol–water partition coefficient (Wildman–Crippen LogP) is 7.37. The molecular weight excluding hydrogens is 366 g/mol. The number of nitrogens with zero attached hydrogens (tertiary/aromatic N) is 1. The number of rotatable bonds is 5. The normalized spacial score (nSPS) is 11.3. The molecule has 4 rings (SSSR count). The number of aliphatic imine (C=N–C) groups is 1. The molecule has 0 radical (unpaired) electrons. The third-order valence-corrected chi connectivity index (χ3v) is 5.18. The number of carbonyl (C=O) groups is 1. The molecule has 30 heavy (non-hydrogen) atoms. The summed E-state index contributed by atoms with van der Waals surface area (Å²) in [5.74, 6) is -0.0276. The fourth-order valence-corrected chi connectivity index (χ4v) is 3.47. The zero-order valence-electron chi connectivity index (χ0n) is 17.2. The van der Waals surface area contributed by atoms with Crippen LogP contribution in [0.25, 0.3) is 33.4 Å². The fourth-order valence-electron chi connectivity index (χ4n) is 3.47. The number of hydrogen-bond donors (Lipinski definition) is 0. The Hall–Kier alpha value is -3.78. The molecule has 0 N–H and O–H groups in total. The molecule has 0 saturated heterocycles. The first-order valence-corrected chi connectivity index (χ1v) is 10.0. The summed E-state index contributed by atoms with van der Waals surface area (Å²) in [4.78, 5) is 16.8. The van der Waals surface area contributed by atoms with E-state index in [9.17, 15) is 4.79 Å². The van der Waals surface area contributed by atoms with Gasteiger partial charge in [-0.3, -0.25) is 4.79 Å². The molecule has 0 saturated carbocycles. The lowest BCUT2D eigenvalue weighted by Gasteiger charge is -2.16. The third kappa shape index (κ3) is 4.13. The molecule has 0 aromatic heterocycles. The molecule has 2 heteroatoms. The summed E-state index contributed by atoms with van der Waals surface area (Å²) < 4.78 is 0. The first kappa shape index (κ1) is 19.5. The van der Waals surface area contributed by atoms with Gasteiger partial charge in [0.25, 0.3) is 0 Å². The second-order valence-corrected chi connectivity index (χ2v) is 7.27. The van der Waals surface area contributed by atoms with E-state index in [0.29, 0.717) is 5.71 Å². The van der Waals surface area contributed by atoms with Crippen LogP contribution in [-0.2, 0) is 4.79 Å². The summed E-state index contributed by atoms with van der Waals surface area (Å²) in [7, 11) is 0. The molecule has 146 valence electrons.